The molecule has 0 bridgehead atoms. The Kier molecular flexibility index (Phi) is 9.81. The van der Waals surface area contributed by atoms with E-state index in [0.717, 1.165) is 25.0 Å². The molecule has 0 amide bonds. The van der Waals surface area contributed by atoms with Gasteiger partial charge in [0.25, 0.3) is 8.32 Å². The quantitative estimate of drug-likeness (QED) is 0.157. The van der Waals surface area contributed by atoms with Crippen molar-refractivity contribution in [3.63, 3.8) is 0 Å². The average Bonchev–Trinajstić information content (AvgIpc) is 3.23. The molecule has 0 N–H and O–H groups in total. The monoisotopic (exact) mass is 623 g/mol. The highest BCUT2D eigenvalue weighted by molar-refractivity contribution is 8.03. The molecule has 232 valence electrons. The third-order valence-electron chi connectivity index (χ3n) is 9.12. The number of thioether (sulfide) groups is 1. The summed E-state index contributed by atoms with van der Waals surface area (Å²) in [6, 6.07) is 32.7. The zero-order chi connectivity index (χ0) is 31.4. The number of ether oxygens (including phenoxy) is 1. The summed E-state index contributed by atoms with van der Waals surface area (Å²) >= 11 is 1.92. The highest BCUT2D eigenvalue weighted by Crippen LogP contribution is 2.56. The van der Waals surface area contributed by atoms with Crippen molar-refractivity contribution < 1.29 is 9.16 Å². The minimum Gasteiger partial charge on any atom is -0.404 e. The third-order valence-corrected chi connectivity index (χ3v) is 15.2. The lowest BCUT2D eigenvalue weighted by Gasteiger charge is -2.44. The summed E-state index contributed by atoms with van der Waals surface area (Å²) in [5, 5.41) is 3.93. The molecule has 5 heteroatoms. The Morgan fingerprint density at radius 3 is 2.02 bits per heavy atom. The van der Waals surface area contributed by atoms with Crippen LogP contribution in [0.4, 0.5) is 0 Å². The summed E-state index contributed by atoms with van der Waals surface area (Å²) < 4.78 is 14.0. The molecule has 0 radical (unpaired) electrons. The Bertz CT molecular complexity index is 1420. The van der Waals surface area contributed by atoms with E-state index < -0.39 is 8.32 Å². The van der Waals surface area contributed by atoms with Crippen molar-refractivity contribution in [1.82, 2.24) is 4.90 Å². The fourth-order valence-electron chi connectivity index (χ4n) is 7.34. The predicted octanol–water partition coefficient (Wildman–Crippen LogP) is 9.00. The highest BCUT2D eigenvalue weighted by atomic mass is 32.2. The molecule has 0 aliphatic carbocycles. The lowest BCUT2D eigenvalue weighted by atomic mass is 9.89. The molecular weight excluding hydrogens is 575 g/mol. The van der Waals surface area contributed by atoms with Crippen LogP contribution in [0.1, 0.15) is 72.4 Å². The fraction of sp³-hybridized carbons (Fsp3) is 0.385. The number of hydrogen-bond acceptors (Lipinski definition) is 4. The first kappa shape index (κ1) is 32.6. The van der Waals surface area contributed by atoms with Crippen molar-refractivity contribution in [2.75, 3.05) is 12.4 Å². The second kappa shape index (κ2) is 13.3. The molecule has 5 rings (SSSR count). The van der Waals surface area contributed by atoms with Crippen molar-refractivity contribution in [2.24, 2.45) is 0 Å². The minimum absolute atomic E-state index is 0.0374. The Labute approximate surface area is 271 Å². The lowest BCUT2D eigenvalue weighted by Crippen LogP contribution is -2.66. The molecule has 0 aromatic heterocycles. The predicted molar refractivity (Wildman–Crippen MR) is 191 cm³/mol. The van der Waals surface area contributed by atoms with E-state index in [2.05, 4.69) is 156 Å². The SMILES string of the molecule is C=CCC1=C(SC/C=C/CO[Si](c2ccccc2)(c2ccccc2)C(C)(C)C)N2[C@H](c3ccccc3)C(C)(C)O[C@@]2(C)CC1. The maximum Gasteiger partial charge on any atom is 0.261 e. The number of benzene rings is 3. The molecule has 3 aromatic rings. The molecule has 0 spiro atoms. The summed E-state index contributed by atoms with van der Waals surface area (Å²) in [5.74, 6) is 0.870. The van der Waals surface area contributed by atoms with E-state index in [0.29, 0.717) is 6.61 Å². The van der Waals surface area contributed by atoms with E-state index in [1.165, 1.54) is 26.5 Å². The molecular formula is C39H49NO2SSi. The van der Waals surface area contributed by atoms with Crippen LogP contribution in [0.3, 0.4) is 0 Å². The summed E-state index contributed by atoms with van der Waals surface area (Å²) in [7, 11) is -2.56. The smallest absolute Gasteiger partial charge is 0.261 e. The zero-order valence-corrected chi connectivity index (χ0v) is 29.2. The molecule has 2 aliphatic rings. The Hall–Kier alpha value is -2.83. The first-order chi connectivity index (χ1) is 21.0. The third kappa shape index (κ3) is 6.30. The van der Waals surface area contributed by atoms with Crippen LogP contribution in [0, 0.1) is 0 Å². The number of rotatable bonds is 11. The normalized spacial score (nSPS) is 22.0. The first-order valence-corrected chi connectivity index (χ1v) is 18.8. The molecule has 2 heterocycles. The van der Waals surface area contributed by atoms with Gasteiger partial charge < -0.3 is 14.1 Å². The van der Waals surface area contributed by atoms with E-state index >= 15 is 0 Å². The van der Waals surface area contributed by atoms with Gasteiger partial charge in [0.1, 0.15) is 5.72 Å². The molecule has 1 fully saturated rings. The second-order valence-electron chi connectivity index (χ2n) is 13.7. The number of fused-ring (bicyclic) bond motifs is 1. The summed E-state index contributed by atoms with van der Waals surface area (Å²) in [5.41, 5.74) is 2.10. The van der Waals surface area contributed by atoms with E-state index in [1.807, 2.05) is 17.8 Å². The van der Waals surface area contributed by atoms with Crippen LogP contribution in [-0.4, -0.2) is 36.9 Å². The molecule has 2 atom stereocenters. The number of hydrogen-bond donors (Lipinski definition) is 0. The van der Waals surface area contributed by atoms with Gasteiger partial charge in [0.15, 0.2) is 0 Å². The van der Waals surface area contributed by atoms with Gasteiger partial charge in [-0.15, -0.1) is 18.3 Å². The van der Waals surface area contributed by atoms with Crippen molar-refractivity contribution in [3.05, 3.63) is 132 Å². The summed E-state index contributed by atoms with van der Waals surface area (Å²) in [4.78, 5) is 2.59. The van der Waals surface area contributed by atoms with Crippen LogP contribution in [0.15, 0.2) is 126 Å². The summed E-state index contributed by atoms with van der Waals surface area (Å²) in [6.45, 7) is 18.4. The van der Waals surface area contributed by atoms with Crippen LogP contribution in [0.5, 0.6) is 0 Å². The van der Waals surface area contributed by atoms with Gasteiger partial charge in [0.2, 0.25) is 0 Å². The molecule has 1 saturated heterocycles. The van der Waals surface area contributed by atoms with Gasteiger partial charge in [0, 0.05) is 5.75 Å². The van der Waals surface area contributed by atoms with Gasteiger partial charge in [0.05, 0.1) is 23.3 Å². The lowest BCUT2D eigenvalue weighted by molar-refractivity contribution is -0.115. The molecule has 0 unspecified atom stereocenters. The van der Waals surface area contributed by atoms with Gasteiger partial charge >= 0.3 is 0 Å². The van der Waals surface area contributed by atoms with E-state index in [4.69, 9.17) is 9.16 Å². The molecule has 0 saturated carbocycles. The van der Waals surface area contributed by atoms with Gasteiger partial charge in [-0.25, -0.2) is 0 Å². The zero-order valence-electron chi connectivity index (χ0n) is 27.4. The number of allylic oxidation sites excluding steroid dienone is 2. The standard InChI is InChI=1S/C39H49NO2SSi/c1-8-20-32-27-28-39(7)40(35(38(5,6)42-39)31-21-12-9-13-22-31)36(32)43-30-19-18-29-41-44(37(2,3)4,33-23-14-10-15-24-33)34-25-16-11-17-26-34/h8-19,21-26,35H,1,20,27-30H2,2-7H3/b19-18+/t35-,39+/m1/s1. The Balaban J connectivity index is 1.38. The van der Waals surface area contributed by atoms with E-state index in [1.54, 1.807) is 0 Å². The molecule has 3 nitrogen and oxygen atoms in total. The van der Waals surface area contributed by atoms with Gasteiger partial charge in [-0.05, 0) is 66.6 Å². The fourth-order valence-corrected chi connectivity index (χ4v) is 13.1. The Morgan fingerprint density at radius 2 is 1.48 bits per heavy atom. The van der Waals surface area contributed by atoms with Gasteiger partial charge in [-0.3, -0.25) is 0 Å². The van der Waals surface area contributed by atoms with Gasteiger partial charge in [-0.2, -0.15) is 0 Å². The maximum absolute atomic E-state index is 7.09. The minimum atomic E-state index is -2.56. The molecule has 2 aliphatic heterocycles. The largest absolute Gasteiger partial charge is 0.404 e. The molecule has 3 aromatic carbocycles. The van der Waals surface area contributed by atoms with Crippen molar-refractivity contribution in [1.29, 1.82) is 0 Å². The second-order valence-corrected chi connectivity index (χ2v) is 19.0. The van der Waals surface area contributed by atoms with E-state index in [9.17, 15) is 0 Å². The summed E-state index contributed by atoms with van der Waals surface area (Å²) in [6.07, 6.45) is 9.46. The maximum atomic E-state index is 7.09. The average molecular weight is 624 g/mol. The topological polar surface area (TPSA) is 21.7 Å². The highest BCUT2D eigenvalue weighted by Gasteiger charge is 2.57. The number of nitrogens with zero attached hydrogens (tertiary/aromatic N) is 1. The van der Waals surface area contributed by atoms with Crippen LogP contribution in [-0.2, 0) is 9.16 Å². The van der Waals surface area contributed by atoms with Crippen molar-refractivity contribution in [3.8, 4) is 0 Å². The van der Waals surface area contributed by atoms with Crippen molar-refractivity contribution >= 4 is 30.5 Å². The van der Waals surface area contributed by atoms with Crippen LogP contribution >= 0.6 is 11.8 Å². The van der Waals surface area contributed by atoms with Crippen LogP contribution < -0.4 is 10.4 Å². The molecule has 44 heavy (non-hydrogen) atoms. The van der Waals surface area contributed by atoms with Crippen LogP contribution in [0.25, 0.3) is 0 Å². The van der Waals surface area contributed by atoms with Gasteiger partial charge in [-0.1, -0.05) is 130 Å². The first-order valence-electron chi connectivity index (χ1n) is 15.9. The van der Waals surface area contributed by atoms with E-state index in [-0.39, 0.29) is 22.4 Å². The van der Waals surface area contributed by atoms with Crippen LogP contribution in [0.2, 0.25) is 5.04 Å². The van der Waals surface area contributed by atoms with Crippen molar-refractivity contribution in [2.45, 2.75) is 83.2 Å². The Morgan fingerprint density at radius 1 is 0.909 bits per heavy atom.